The number of benzene rings is 1. The lowest BCUT2D eigenvalue weighted by molar-refractivity contribution is -0.147. The van der Waals surface area contributed by atoms with Gasteiger partial charge in [-0.25, -0.2) is 9.37 Å². The van der Waals surface area contributed by atoms with Crippen molar-refractivity contribution in [3.63, 3.8) is 0 Å². The zero-order valence-electron chi connectivity index (χ0n) is 20.0. The molecule has 1 aliphatic heterocycles. The van der Waals surface area contributed by atoms with Crippen LogP contribution in [-0.2, 0) is 35.3 Å². The number of nitrogens with zero attached hydrogens (tertiary/aromatic N) is 3. The smallest absolute Gasteiger partial charge is 0.416 e. The van der Waals surface area contributed by atoms with E-state index in [4.69, 9.17) is 0 Å². The van der Waals surface area contributed by atoms with E-state index in [0.717, 1.165) is 28.8 Å². The highest BCUT2D eigenvalue weighted by molar-refractivity contribution is 5.84. The van der Waals surface area contributed by atoms with Crippen LogP contribution in [0.25, 0.3) is 11.0 Å². The summed E-state index contributed by atoms with van der Waals surface area (Å²) in [5.41, 5.74) is 0.462. The van der Waals surface area contributed by atoms with Crippen molar-refractivity contribution in [1.82, 2.24) is 14.5 Å². The predicted molar refractivity (Wildman–Crippen MR) is 125 cm³/mol. The van der Waals surface area contributed by atoms with Crippen molar-refractivity contribution in [2.75, 3.05) is 6.54 Å². The average molecular weight is 506 g/mol. The van der Waals surface area contributed by atoms with Crippen LogP contribution in [-0.4, -0.2) is 38.0 Å². The number of hydrogen-bond acceptors (Lipinski definition) is 3. The van der Waals surface area contributed by atoms with Gasteiger partial charge in [0, 0.05) is 36.8 Å². The van der Waals surface area contributed by atoms with Crippen molar-refractivity contribution in [3.8, 4) is 0 Å². The van der Waals surface area contributed by atoms with Crippen LogP contribution in [0.15, 0.2) is 36.5 Å². The van der Waals surface area contributed by atoms with Crippen LogP contribution >= 0.6 is 0 Å². The van der Waals surface area contributed by atoms with Gasteiger partial charge in [-0.05, 0) is 74.6 Å². The molecule has 0 atom stereocenters. The van der Waals surface area contributed by atoms with Crippen LogP contribution in [0.1, 0.15) is 55.5 Å². The number of aliphatic carboxylic acids is 1. The van der Waals surface area contributed by atoms with Gasteiger partial charge in [0.25, 0.3) is 0 Å². The summed E-state index contributed by atoms with van der Waals surface area (Å²) in [6.07, 6.45) is -1.55. The molecule has 0 aliphatic carbocycles. The van der Waals surface area contributed by atoms with Crippen molar-refractivity contribution in [2.24, 2.45) is 5.41 Å². The van der Waals surface area contributed by atoms with Crippen LogP contribution in [0.2, 0.25) is 0 Å². The van der Waals surface area contributed by atoms with Gasteiger partial charge in [-0.2, -0.15) is 13.2 Å². The molecule has 1 aromatic carbocycles. The Labute approximate surface area is 205 Å². The fraction of sp³-hybridized carbons (Fsp3) is 0.423. The van der Waals surface area contributed by atoms with Gasteiger partial charge in [0.1, 0.15) is 11.5 Å². The van der Waals surface area contributed by atoms with Gasteiger partial charge in [-0.15, -0.1) is 0 Å². The first-order chi connectivity index (χ1) is 16.9. The lowest BCUT2D eigenvalue weighted by Crippen LogP contribution is -2.36. The van der Waals surface area contributed by atoms with E-state index in [0.29, 0.717) is 37.5 Å². The van der Waals surface area contributed by atoms with Gasteiger partial charge in [-0.1, -0.05) is 0 Å². The van der Waals surface area contributed by atoms with Crippen LogP contribution in [0.3, 0.4) is 0 Å². The number of carboxylic acids is 1. The minimum Gasteiger partial charge on any atom is -0.481 e. The maximum atomic E-state index is 14.0. The number of alkyl halides is 3. The number of carbonyl (C=O) groups is 2. The fourth-order valence-electron chi connectivity index (χ4n) is 4.68. The topological polar surface area (TPSA) is 75.4 Å². The number of rotatable bonds is 7. The average Bonchev–Trinajstić information content (AvgIpc) is 3.11. The molecule has 4 rings (SSSR count). The number of fused-ring (bicyclic) bond motifs is 3. The predicted octanol–water partition coefficient (Wildman–Crippen LogP) is 5.41. The molecule has 192 valence electrons. The highest BCUT2D eigenvalue weighted by Gasteiger charge is 2.32. The Morgan fingerprint density at radius 1 is 1.17 bits per heavy atom. The molecular weight excluding hydrogens is 478 g/mol. The Kier molecular flexibility index (Phi) is 6.81. The lowest BCUT2D eigenvalue weighted by atomic mass is 9.87. The number of halogens is 4. The molecule has 2 aromatic heterocycles. The normalized spacial score (nSPS) is 14.2. The summed E-state index contributed by atoms with van der Waals surface area (Å²) in [6, 6.07) is 6.14. The molecule has 3 heterocycles. The van der Waals surface area contributed by atoms with E-state index >= 15 is 0 Å². The number of hydrogen-bond donors (Lipinski definition) is 1. The standard InChI is InChI=1S/C26H27F4N3O3/c1-25(2,24(35)36)8-3-6-22(34)32-10-7-19-20-5-4-9-31-23(20)33(21(19)15-32)14-16-11-17(26(28,29)30)13-18(27)12-16/h4-5,9,11-13H,3,6-8,10,14-15H2,1-2H3,(H,35,36). The molecule has 36 heavy (non-hydrogen) atoms. The monoisotopic (exact) mass is 505 g/mol. The molecular formula is C26H27F4N3O3. The summed E-state index contributed by atoms with van der Waals surface area (Å²) in [4.78, 5) is 30.3. The van der Waals surface area contributed by atoms with Crippen molar-refractivity contribution in [1.29, 1.82) is 0 Å². The second-order valence-corrected chi connectivity index (χ2v) is 9.84. The summed E-state index contributed by atoms with van der Waals surface area (Å²) >= 11 is 0. The van der Waals surface area contributed by atoms with Crippen LogP contribution in [0, 0.1) is 11.2 Å². The van der Waals surface area contributed by atoms with E-state index in [1.165, 1.54) is 0 Å². The van der Waals surface area contributed by atoms with E-state index in [1.807, 2.05) is 6.07 Å². The van der Waals surface area contributed by atoms with E-state index in [1.54, 1.807) is 35.6 Å². The maximum Gasteiger partial charge on any atom is 0.416 e. The summed E-state index contributed by atoms with van der Waals surface area (Å²) in [5.74, 6) is -2.00. The van der Waals surface area contributed by atoms with E-state index in [2.05, 4.69) is 4.98 Å². The van der Waals surface area contributed by atoms with E-state index in [9.17, 15) is 32.3 Å². The molecule has 0 spiro atoms. The molecule has 1 amide bonds. The molecule has 0 fully saturated rings. The number of carboxylic acid groups (broad SMARTS) is 1. The second kappa shape index (κ2) is 9.55. The Morgan fingerprint density at radius 3 is 2.61 bits per heavy atom. The molecule has 1 N–H and O–H groups in total. The third kappa shape index (κ3) is 5.22. The van der Waals surface area contributed by atoms with E-state index in [-0.39, 0.29) is 31.0 Å². The third-order valence-corrected chi connectivity index (χ3v) is 6.76. The molecule has 0 saturated carbocycles. The number of pyridine rings is 1. The highest BCUT2D eigenvalue weighted by Crippen LogP contribution is 2.33. The molecule has 0 radical (unpaired) electrons. The minimum atomic E-state index is -4.67. The summed E-state index contributed by atoms with van der Waals surface area (Å²) in [5, 5.41) is 10.1. The number of carbonyl (C=O) groups excluding carboxylic acids is 1. The van der Waals surface area contributed by atoms with Gasteiger partial charge >= 0.3 is 12.1 Å². The van der Waals surface area contributed by atoms with Crippen LogP contribution in [0.4, 0.5) is 17.6 Å². The van der Waals surface area contributed by atoms with E-state index < -0.39 is 28.9 Å². The van der Waals surface area contributed by atoms with Gasteiger partial charge in [0.2, 0.25) is 5.91 Å². The quantitative estimate of drug-likeness (QED) is 0.436. The third-order valence-electron chi connectivity index (χ3n) is 6.76. The molecule has 3 aromatic rings. The molecule has 0 bridgehead atoms. The SMILES string of the molecule is CC(C)(CCCC(=O)N1CCc2c(n(Cc3cc(F)cc(C(F)(F)F)c3)c3ncccc23)C1)C(=O)O. The highest BCUT2D eigenvalue weighted by atomic mass is 19.4. The van der Waals surface area contributed by atoms with Gasteiger partial charge in [0.15, 0.2) is 0 Å². The van der Waals surface area contributed by atoms with Crippen LogP contribution < -0.4 is 0 Å². The molecule has 1 aliphatic rings. The molecule has 6 nitrogen and oxygen atoms in total. The molecule has 0 unspecified atom stereocenters. The lowest BCUT2D eigenvalue weighted by Gasteiger charge is -2.29. The zero-order chi connectivity index (χ0) is 26.3. The van der Waals surface area contributed by atoms with Gasteiger partial charge in [0.05, 0.1) is 17.5 Å². The largest absolute Gasteiger partial charge is 0.481 e. The molecule has 10 heteroatoms. The van der Waals surface area contributed by atoms with Crippen molar-refractivity contribution < 1.29 is 32.3 Å². The summed E-state index contributed by atoms with van der Waals surface area (Å²) in [6.45, 7) is 3.93. The van der Waals surface area contributed by atoms with Gasteiger partial charge < -0.3 is 14.6 Å². The van der Waals surface area contributed by atoms with Crippen molar-refractivity contribution >= 4 is 22.9 Å². The first-order valence-electron chi connectivity index (χ1n) is 11.7. The van der Waals surface area contributed by atoms with Crippen LogP contribution in [0.5, 0.6) is 0 Å². The summed E-state index contributed by atoms with van der Waals surface area (Å²) < 4.78 is 55.6. The van der Waals surface area contributed by atoms with Gasteiger partial charge in [-0.3, -0.25) is 9.59 Å². The summed E-state index contributed by atoms with van der Waals surface area (Å²) in [7, 11) is 0. The Hall–Kier alpha value is -3.43. The first-order valence-corrected chi connectivity index (χ1v) is 11.7. The Bertz CT molecular complexity index is 1310. The maximum absolute atomic E-state index is 14.0. The number of aromatic nitrogens is 2. The van der Waals surface area contributed by atoms with Crippen molar-refractivity contribution in [3.05, 3.63) is 64.7 Å². The zero-order valence-corrected chi connectivity index (χ0v) is 20.0. The van der Waals surface area contributed by atoms with Crippen molar-refractivity contribution in [2.45, 2.75) is 58.8 Å². The molecule has 0 saturated heterocycles. The Morgan fingerprint density at radius 2 is 1.92 bits per heavy atom. The Balaban J connectivity index is 1.60. The fourth-order valence-corrected chi connectivity index (χ4v) is 4.68. The first kappa shape index (κ1) is 25.7. The number of amides is 1. The second-order valence-electron chi connectivity index (χ2n) is 9.84. The minimum absolute atomic E-state index is 0.0292.